The zero-order valence-electron chi connectivity index (χ0n) is 11.8. The summed E-state index contributed by atoms with van der Waals surface area (Å²) in [6.45, 7) is 0.179. The number of nitrogens with zero attached hydrogens (tertiary/aromatic N) is 1. The quantitative estimate of drug-likeness (QED) is 0.500. The number of nitrogens with one attached hydrogen (secondary N) is 1. The number of methoxy groups -OCH3 is 1. The van der Waals surface area contributed by atoms with E-state index >= 15 is 0 Å². The van der Waals surface area contributed by atoms with Crippen LogP contribution in [0.4, 0.5) is 11.4 Å². The number of aromatic hydroxyl groups is 1. The van der Waals surface area contributed by atoms with Gasteiger partial charge in [0.1, 0.15) is 5.75 Å². The van der Waals surface area contributed by atoms with Gasteiger partial charge in [-0.3, -0.25) is 10.1 Å². The molecule has 0 unspecified atom stereocenters. The molecule has 2 aromatic rings. The van der Waals surface area contributed by atoms with Crippen molar-refractivity contribution in [3.8, 4) is 5.75 Å². The number of non-ortho nitro benzene ring substituents is 1. The Balaban J connectivity index is 2.15. The number of phenolic OH excluding ortho intramolecular Hbond substituents is 1. The number of nitro benzene ring substituents is 1. The molecule has 7 heteroatoms. The van der Waals surface area contributed by atoms with Crippen molar-refractivity contribution in [3.63, 3.8) is 0 Å². The van der Waals surface area contributed by atoms with Crippen molar-refractivity contribution in [1.82, 2.24) is 0 Å². The van der Waals surface area contributed by atoms with Gasteiger partial charge in [0.25, 0.3) is 5.69 Å². The topological polar surface area (TPSA) is 102 Å². The van der Waals surface area contributed by atoms with Crippen LogP contribution in [0.25, 0.3) is 0 Å². The molecule has 2 N–H and O–H groups in total. The molecule has 0 aliphatic carbocycles. The van der Waals surface area contributed by atoms with E-state index in [4.69, 9.17) is 0 Å². The van der Waals surface area contributed by atoms with Crippen molar-refractivity contribution in [2.45, 2.75) is 6.54 Å². The number of phenols is 1. The normalized spacial score (nSPS) is 10.0. The lowest BCUT2D eigenvalue weighted by Gasteiger charge is -2.09. The number of carbonyl (C=O) groups is 1. The van der Waals surface area contributed by atoms with E-state index in [0.717, 1.165) is 0 Å². The van der Waals surface area contributed by atoms with Crippen molar-refractivity contribution in [2.24, 2.45) is 0 Å². The second kappa shape index (κ2) is 6.57. The van der Waals surface area contributed by atoms with Gasteiger partial charge in [-0.1, -0.05) is 6.07 Å². The van der Waals surface area contributed by atoms with Gasteiger partial charge in [-0.15, -0.1) is 0 Å². The molecule has 22 heavy (non-hydrogen) atoms. The van der Waals surface area contributed by atoms with Crippen molar-refractivity contribution in [2.75, 3.05) is 12.4 Å². The van der Waals surface area contributed by atoms with Crippen molar-refractivity contribution in [3.05, 3.63) is 63.7 Å². The van der Waals surface area contributed by atoms with Crippen LogP contribution in [0.1, 0.15) is 15.9 Å². The van der Waals surface area contributed by atoms with E-state index in [2.05, 4.69) is 10.1 Å². The summed E-state index contributed by atoms with van der Waals surface area (Å²) in [4.78, 5) is 21.7. The number of rotatable bonds is 5. The summed E-state index contributed by atoms with van der Waals surface area (Å²) in [6, 6.07) is 10.4. The molecule has 0 saturated heterocycles. The van der Waals surface area contributed by atoms with Gasteiger partial charge in [0.05, 0.1) is 17.6 Å². The maximum absolute atomic E-state index is 11.4. The standard InChI is InChI=1S/C15H14N2O5/c1-22-15(19)10-3-2-4-12(7-10)16-9-11-8-13(17(20)21)5-6-14(11)18/h2-8,16,18H,9H2,1H3. The lowest BCUT2D eigenvalue weighted by molar-refractivity contribution is -0.384. The highest BCUT2D eigenvalue weighted by Gasteiger charge is 2.10. The van der Waals surface area contributed by atoms with E-state index < -0.39 is 10.9 Å². The predicted octanol–water partition coefficient (Wildman–Crippen LogP) is 2.70. The minimum Gasteiger partial charge on any atom is -0.508 e. The van der Waals surface area contributed by atoms with Crippen LogP contribution in [0.5, 0.6) is 5.75 Å². The third kappa shape index (κ3) is 3.51. The number of esters is 1. The first-order valence-electron chi connectivity index (χ1n) is 6.40. The Hall–Kier alpha value is -3.09. The first-order valence-corrected chi connectivity index (χ1v) is 6.40. The third-order valence-electron chi connectivity index (χ3n) is 3.04. The number of nitro groups is 1. The number of hydrogen-bond donors (Lipinski definition) is 2. The Kier molecular flexibility index (Phi) is 4.57. The molecule has 114 valence electrons. The average Bonchev–Trinajstić information content (AvgIpc) is 2.53. The average molecular weight is 302 g/mol. The number of carbonyl (C=O) groups excluding carboxylic acids is 1. The smallest absolute Gasteiger partial charge is 0.337 e. The molecular weight excluding hydrogens is 288 g/mol. The molecular formula is C15H14N2O5. The minimum absolute atomic E-state index is 0.0396. The molecule has 0 bridgehead atoms. The molecule has 0 spiro atoms. The summed E-state index contributed by atoms with van der Waals surface area (Å²) < 4.78 is 4.63. The monoisotopic (exact) mass is 302 g/mol. The van der Waals surface area contributed by atoms with Gasteiger partial charge in [-0.2, -0.15) is 0 Å². The van der Waals surface area contributed by atoms with E-state index in [1.807, 2.05) is 0 Å². The second-order valence-electron chi connectivity index (χ2n) is 4.50. The molecule has 2 aromatic carbocycles. The first kappa shape index (κ1) is 15.3. The molecule has 0 fully saturated rings. The summed E-state index contributed by atoms with van der Waals surface area (Å²) in [5.74, 6) is -0.496. The van der Waals surface area contributed by atoms with E-state index in [1.54, 1.807) is 24.3 Å². The lowest BCUT2D eigenvalue weighted by Crippen LogP contribution is -2.04. The Morgan fingerprint density at radius 2 is 2.09 bits per heavy atom. The molecule has 0 saturated carbocycles. The molecule has 0 heterocycles. The fourth-order valence-corrected chi connectivity index (χ4v) is 1.90. The van der Waals surface area contributed by atoms with E-state index in [0.29, 0.717) is 16.8 Å². The van der Waals surface area contributed by atoms with Crippen LogP contribution >= 0.6 is 0 Å². The van der Waals surface area contributed by atoms with E-state index in [9.17, 15) is 20.0 Å². The largest absolute Gasteiger partial charge is 0.508 e. The third-order valence-corrected chi connectivity index (χ3v) is 3.04. The highest BCUT2D eigenvalue weighted by molar-refractivity contribution is 5.90. The van der Waals surface area contributed by atoms with Gasteiger partial charge >= 0.3 is 5.97 Å². The second-order valence-corrected chi connectivity index (χ2v) is 4.50. The number of anilines is 1. The maximum atomic E-state index is 11.4. The number of ether oxygens (including phenoxy) is 1. The van der Waals surface area contributed by atoms with Crippen LogP contribution in [0.3, 0.4) is 0 Å². The summed E-state index contributed by atoms with van der Waals surface area (Å²) >= 11 is 0. The molecule has 0 aromatic heterocycles. The van der Waals surface area contributed by atoms with Crippen molar-refractivity contribution < 1.29 is 19.6 Å². The van der Waals surface area contributed by atoms with Gasteiger partial charge in [-0.05, 0) is 24.3 Å². The van der Waals surface area contributed by atoms with Crippen LogP contribution in [0.2, 0.25) is 0 Å². The Morgan fingerprint density at radius 3 is 2.77 bits per heavy atom. The van der Waals surface area contributed by atoms with Gasteiger partial charge in [-0.25, -0.2) is 4.79 Å². The number of hydrogen-bond acceptors (Lipinski definition) is 6. The zero-order chi connectivity index (χ0) is 16.1. The van der Waals surface area contributed by atoms with Gasteiger partial charge in [0.2, 0.25) is 0 Å². The Morgan fingerprint density at radius 1 is 1.32 bits per heavy atom. The molecule has 0 amide bonds. The van der Waals surface area contributed by atoms with Gasteiger partial charge < -0.3 is 15.2 Å². The summed E-state index contributed by atoms with van der Waals surface area (Å²) in [5, 5.41) is 23.5. The Labute approximate surface area is 126 Å². The number of benzene rings is 2. The molecule has 0 radical (unpaired) electrons. The Bertz CT molecular complexity index is 715. The van der Waals surface area contributed by atoms with Crippen LogP contribution in [-0.4, -0.2) is 23.1 Å². The zero-order valence-corrected chi connectivity index (χ0v) is 11.8. The molecule has 2 rings (SSSR count). The van der Waals surface area contributed by atoms with Crippen LogP contribution in [-0.2, 0) is 11.3 Å². The van der Waals surface area contributed by atoms with E-state index in [1.165, 1.54) is 25.3 Å². The van der Waals surface area contributed by atoms with Crippen molar-refractivity contribution in [1.29, 1.82) is 0 Å². The minimum atomic E-state index is -0.527. The van der Waals surface area contributed by atoms with Crippen molar-refractivity contribution >= 4 is 17.3 Å². The van der Waals surface area contributed by atoms with Crippen LogP contribution in [0.15, 0.2) is 42.5 Å². The highest BCUT2D eigenvalue weighted by atomic mass is 16.6. The van der Waals surface area contributed by atoms with Crippen LogP contribution < -0.4 is 5.32 Å². The fourth-order valence-electron chi connectivity index (χ4n) is 1.90. The fraction of sp³-hybridized carbons (Fsp3) is 0.133. The molecule has 0 aliphatic heterocycles. The maximum Gasteiger partial charge on any atom is 0.337 e. The molecule has 0 atom stereocenters. The van der Waals surface area contributed by atoms with Gasteiger partial charge in [0, 0.05) is 29.9 Å². The highest BCUT2D eigenvalue weighted by Crippen LogP contribution is 2.24. The predicted molar refractivity (Wildman–Crippen MR) is 79.9 cm³/mol. The molecule has 7 nitrogen and oxygen atoms in total. The lowest BCUT2D eigenvalue weighted by atomic mass is 10.1. The van der Waals surface area contributed by atoms with Gasteiger partial charge in [0.15, 0.2) is 0 Å². The molecule has 0 aliphatic rings. The van der Waals surface area contributed by atoms with E-state index in [-0.39, 0.29) is 18.0 Å². The SMILES string of the molecule is COC(=O)c1cccc(NCc2cc([N+](=O)[O-])ccc2O)c1. The summed E-state index contributed by atoms with van der Waals surface area (Å²) in [5.41, 5.74) is 1.31. The van der Waals surface area contributed by atoms with Crippen LogP contribution in [0, 0.1) is 10.1 Å². The summed E-state index contributed by atoms with van der Waals surface area (Å²) in [6.07, 6.45) is 0. The first-order chi connectivity index (χ1) is 10.5. The summed E-state index contributed by atoms with van der Waals surface area (Å²) in [7, 11) is 1.30.